The van der Waals surface area contributed by atoms with Gasteiger partial charge >= 0.3 is 0 Å². The first-order valence-electron chi connectivity index (χ1n) is 4.94. The van der Waals surface area contributed by atoms with E-state index >= 15 is 0 Å². The largest absolute Gasteiger partial charge is 0.271 e. The Hall–Kier alpha value is -0.570. The summed E-state index contributed by atoms with van der Waals surface area (Å²) in [5, 5.41) is 0.811. The lowest BCUT2D eigenvalue weighted by molar-refractivity contribution is 0.496. The Morgan fingerprint density at radius 1 is 1.50 bits per heavy atom. The molecule has 76 valence electrons. The van der Waals surface area contributed by atoms with Crippen LogP contribution in [0, 0.1) is 12.8 Å². The van der Waals surface area contributed by atoms with Gasteiger partial charge in [0.2, 0.25) is 0 Å². The number of hydrogen-bond acceptors (Lipinski definition) is 2. The fraction of sp³-hybridized carbons (Fsp3) is 0.455. The molecule has 3 N–H and O–H groups in total. The monoisotopic (exact) mass is 210 g/mol. The van der Waals surface area contributed by atoms with Crippen LogP contribution in [0.5, 0.6) is 0 Å². The molecule has 14 heavy (non-hydrogen) atoms. The molecule has 0 spiro atoms. The third-order valence-corrected chi connectivity index (χ3v) is 3.10. The summed E-state index contributed by atoms with van der Waals surface area (Å²) in [6.07, 6.45) is 2.50. The molecule has 0 amide bonds. The van der Waals surface area contributed by atoms with E-state index in [0.717, 1.165) is 10.6 Å². The third kappa shape index (κ3) is 1.92. The molecule has 1 aliphatic rings. The summed E-state index contributed by atoms with van der Waals surface area (Å²) in [6, 6.07) is 6.30. The van der Waals surface area contributed by atoms with Crippen LogP contribution in [0.3, 0.4) is 0 Å². The average molecular weight is 211 g/mol. The Bertz CT molecular complexity index is 334. The molecule has 1 saturated carbocycles. The smallest absolute Gasteiger partial charge is 0.0502 e. The minimum absolute atomic E-state index is 0.224. The summed E-state index contributed by atoms with van der Waals surface area (Å²) < 4.78 is 0. The maximum Gasteiger partial charge on any atom is 0.0502 e. The van der Waals surface area contributed by atoms with Crippen molar-refractivity contribution in [2.24, 2.45) is 11.8 Å². The molecule has 1 aromatic rings. The summed E-state index contributed by atoms with van der Waals surface area (Å²) in [7, 11) is 0. The van der Waals surface area contributed by atoms with E-state index in [9.17, 15) is 0 Å². The molecular weight excluding hydrogens is 196 g/mol. The van der Waals surface area contributed by atoms with Gasteiger partial charge < -0.3 is 0 Å². The molecule has 2 nitrogen and oxygen atoms in total. The van der Waals surface area contributed by atoms with Crippen LogP contribution in [0.2, 0.25) is 5.02 Å². The molecule has 0 saturated heterocycles. The second-order valence-corrected chi connectivity index (χ2v) is 4.41. The van der Waals surface area contributed by atoms with Crippen LogP contribution < -0.4 is 11.3 Å². The predicted octanol–water partition coefficient (Wildman–Crippen LogP) is 2.56. The van der Waals surface area contributed by atoms with Crippen LogP contribution in [-0.4, -0.2) is 0 Å². The lowest BCUT2D eigenvalue weighted by Crippen LogP contribution is -2.29. The quantitative estimate of drug-likeness (QED) is 0.595. The summed E-state index contributed by atoms with van der Waals surface area (Å²) in [6.45, 7) is 2.07. The zero-order chi connectivity index (χ0) is 10.1. The molecule has 1 atom stereocenters. The van der Waals surface area contributed by atoms with E-state index in [1.165, 1.54) is 18.4 Å². The number of nitrogens with two attached hydrogens (primary N) is 1. The Morgan fingerprint density at radius 2 is 2.21 bits per heavy atom. The zero-order valence-corrected chi connectivity index (χ0v) is 9.01. The first-order valence-corrected chi connectivity index (χ1v) is 5.32. The standard InChI is InChI=1S/C11H15ClN2/c1-7-2-5-10(12)9(6-7)11(14-13)8-3-4-8/h2,5-6,8,11,14H,3-4,13H2,1H3. The molecule has 1 aliphatic carbocycles. The Morgan fingerprint density at radius 3 is 2.79 bits per heavy atom. The van der Waals surface area contributed by atoms with Gasteiger partial charge in [-0.2, -0.15) is 0 Å². The number of halogens is 1. The zero-order valence-electron chi connectivity index (χ0n) is 8.26. The number of benzene rings is 1. The summed E-state index contributed by atoms with van der Waals surface area (Å²) in [5.74, 6) is 6.22. The van der Waals surface area contributed by atoms with Crippen LogP contribution in [0.4, 0.5) is 0 Å². The molecule has 1 aromatic carbocycles. The van der Waals surface area contributed by atoms with Gasteiger partial charge in [0, 0.05) is 5.02 Å². The highest BCUT2D eigenvalue weighted by molar-refractivity contribution is 6.31. The first kappa shape index (κ1) is 9.97. The maximum atomic E-state index is 6.15. The van der Waals surface area contributed by atoms with Crippen molar-refractivity contribution >= 4 is 11.6 Å². The Labute approximate surface area is 89.4 Å². The van der Waals surface area contributed by atoms with E-state index < -0.39 is 0 Å². The molecule has 0 heterocycles. The van der Waals surface area contributed by atoms with Crippen molar-refractivity contribution in [3.8, 4) is 0 Å². The van der Waals surface area contributed by atoms with Gasteiger partial charge in [-0.25, -0.2) is 0 Å². The summed E-state index contributed by atoms with van der Waals surface area (Å²) >= 11 is 6.15. The molecule has 0 aliphatic heterocycles. The van der Waals surface area contributed by atoms with Crippen LogP contribution in [0.15, 0.2) is 18.2 Å². The molecule has 1 fully saturated rings. The van der Waals surface area contributed by atoms with Crippen molar-refractivity contribution in [2.75, 3.05) is 0 Å². The van der Waals surface area contributed by atoms with Gasteiger partial charge in [0.1, 0.15) is 0 Å². The summed E-state index contributed by atoms with van der Waals surface area (Å²) in [5.41, 5.74) is 5.23. The fourth-order valence-corrected chi connectivity index (χ4v) is 2.05. The highest BCUT2D eigenvalue weighted by Crippen LogP contribution is 2.42. The predicted molar refractivity (Wildman–Crippen MR) is 59.0 cm³/mol. The molecule has 0 aromatic heterocycles. The van der Waals surface area contributed by atoms with E-state index in [0.29, 0.717) is 5.92 Å². The molecule has 3 heteroatoms. The van der Waals surface area contributed by atoms with Gasteiger partial charge in [-0.15, -0.1) is 0 Å². The van der Waals surface area contributed by atoms with Gasteiger partial charge in [0.15, 0.2) is 0 Å². The van der Waals surface area contributed by atoms with E-state index in [2.05, 4.69) is 18.4 Å². The molecule has 0 radical (unpaired) electrons. The molecule has 2 rings (SSSR count). The second kappa shape index (κ2) is 3.89. The number of nitrogens with one attached hydrogen (secondary N) is 1. The lowest BCUT2D eigenvalue weighted by Gasteiger charge is -2.17. The number of rotatable bonds is 3. The van der Waals surface area contributed by atoms with E-state index in [1.807, 2.05) is 12.1 Å². The Balaban J connectivity index is 2.32. The number of hydrogen-bond donors (Lipinski definition) is 2. The third-order valence-electron chi connectivity index (χ3n) is 2.76. The van der Waals surface area contributed by atoms with Gasteiger partial charge in [-0.3, -0.25) is 11.3 Å². The van der Waals surface area contributed by atoms with Crippen LogP contribution in [0.1, 0.15) is 30.0 Å². The van der Waals surface area contributed by atoms with Crippen molar-refractivity contribution < 1.29 is 0 Å². The van der Waals surface area contributed by atoms with Crippen LogP contribution in [-0.2, 0) is 0 Å². The van der Waals surface area contributed by atoms with Gasteiger partial charge in [0.05, 0.1) is 6.04 Å². The van der Waals surface area contributed by atoms with Crippen molar-refractivity contribution in [3.05, 3.63) is 34.3 Å². The highest BCUT2D eigenvalue weighted by Gasteiger charge is 2.32. The van der Waals surface area contributed by atoms with Crippen molar-refractivity contribution in [1.82, 2.24) is 5.43 Å². The molecule has 0 bridgehead atoms. The fourth-order valence-electron chi connectivity index (χ4n) is 1.81. The maximum absolute atomic E-state index is 6.15. The normalized spacial score (nSPS) is 18.2. The first-order chi connectivity index (χ1) is 6.72. The number of aryl methyl sites for hydroxylation is 1. The summed E-state index contributed by atoms with van der Waals surface area (Å²) in [4.78, 5) is 0. The van der Waals surface area contributed by atoms with Crippen molar-refractivity contribution in [3.63, 3.8) is 0 Å². The average Bonchev–Trinajstić information content (AvgIpc) is 2.96. The van der Waals surface area contributed by atoms with Crippen LogP contribution >= 0.6 is 11.6 Å². The topological polar surface area (TPSA) is 38.0 Å². The molecule has 1 unspecified atom stereocenters. The minimum atomic E-state index is 0.224. The minimum Gasteiger partial charge on any atom is -0.271 e. The highest BCUT2D eigenvalue weighted by atomic mass is 35.5. The van der Waals surface area contributed by atoms with E-state index in [4.69, 9.17) is 17.4 Å². The SMILES string of the molecule is Cc1ccc(Cl)c(C(NN)C2CC2)c1. The van der Waals surface area contributed by atoms with Crippen molar-refractivity contribution in [1.29, 1.82) is 0 Å². The molecular formula is C11H15ClN2. The van der Waals surface area contributed by atoms with Gasteiger partial charge in [-0.1, -0.05) is 29.3 Å². The van der Waals surface area contributed by atoms with E-state index in [1.54, 1.807) is 0 Å². The Kier molecular flexibility index (Phi) is 2.77. The van der Waals surface area contributed by atoms with Gasteiger partial charge in [-0.05, 0) is 37.3 Å². The van der Waals surface area contributed by atoms with E-state index in [-0.39, 0.29) is 6.04 Å². The van der Waals surface area contributed by atoms with Crippen molar-refractivity contribution in [2.45, 2.75) is 25.8 Å². The second-order valence-electron chi connectivity index (χ2n) is 4.01. The van der Waals surface area contributed by atoms with Crippen LogP contribution in [0.25, 0.3) is 0 Å². The number of hydrazine groups is 1. The van der Waals surface area contributed by atoms with Gasteiger partial charge in [0.25, 0.3) is 0 Å². The lowest BCUT2D eigenvalue weighted by atomic mass is 10.0.